The Morgan fingerprint density at radius 3 is 2.12 bits per heavy atom. The van der Waals surface area contributed by atoms with Crippen LogP contribution >= 0.6 is 0 Å². The van der Waals surface area contributed by atoms with Crippen LogP contribution in [0, 0.1) is 19.8 Å². The first-order valence-corrected chi connectivity index (χ1v) is 11.6. The molecule has 1 fully saturated rings. The number of aliphatic hydroxyl groups is 1. The molecule has 0 bridgehead atoms. The van der Waals surface area contributed by atoms with Gasteiger partial charge in [0.1, 0.15) is 17.7 Å². The molecule has 0 heterocycles. The highest BCUT2D eigenvalue weighted by atomic mass is 16.6. The molecule has 0 radical (unpaired) electrons. The molecule has 0 aromatic heterocycles. The van der Waals surface area contributed by atoms with E-state index in [0.717, 1.165) is 23.1 Å². The Bertz CT molecular complexity index is 857. The topological polar surface area (TPSA) is 108 Å². The summed E-state index contributed by atoms with van der Waals surface area (Å²) in [6, 6.07) is 3.34. The summed E-state index contributed by atoms with van der Waals surface area (Å²) in [5, 5.41) is 15.4. The summed E-state index contributed by atoms with van der Waals surface area (Å²) in [6.45, 7) is 14.1. The minimum absolute atomic E-state index is 0.119. The molecule has 0 saturated heterocycles. The van der Waals surface area contributed by atoms with Crippen LogP contribution in [0.3, 0.4) is 0 Å². The van der Waals surface area contributed by atoms with Gasteiger partial charge < -0.3 is 25.4 Å². The number of hydrogen-bond donors (Lipinski definition) is 3. The number of hydrogen-bond acceptors (Lipinski definition) is 5. The first-order valence-electron chi connectivity index (χ1n) is 11.6. The fourth-order valence-corrected chi connectivity index (χ4v) is 4.01. The van der Waals surface area contributed by atoms with Gasteiger partial charge in [-0.1, -0.05) is 25.1 Å². The normalized spacial score (nSPS) is 19.5. The van der Waals surface area contributed by atoms with Gasteiger partial charge in [-0.15, -0.1) is 0 Å². The Labute approximate surface area is 197 Å². The van der Waals surface area contributed by atoms with Gasteiger partial charge in [0.15, 0.2) is 0 Å². The van der Waals surface area contributed by atoms with Gasteiger partial charge in [-0.25, -0.2) is 4.79 Å². The third kappa shape index (κ3) is 6.93. The minimum atomic E-state index is -1.23. The quantitative estimate of drug-likeness (QED) is 0.552. The van der Waals surface area contributed by atoms with Crippen LogP contribution < -0.4 is 10.6 Å². The Morgan fingerprint density at radius 1 is 1.15 bits per heavy atom. The van der Waals surface area contributed by atoms with Crippen LogP contribution in [0.25, 0.3) is 0 Å². The molecule has 1 aliphatic rings. The largest absolute Gasteiger partial charge is 0.444 e. The van der Waals surface area contributed by atoms with Crippen molar-refractivity contribution in [3.8, 4) is 0 Å². The standard InChI is InChI=1S/C25H39N3O5/c1-14(2)26-22(30)21(20-15(3)10-9-11-16(20)4)28(19-12-17(19)5)23(31)18(13-29)27-24(32)33-25(6,7)8/h9-11,14,17-19,21,29H,12-13H2,1-8H3,(H,26,30)(H,27,32). The monoisotopic (exact) mass is 461 g/mol. The Morgan fingerprint density at radius 2 is 1.70 bits per heavy atom. The van der Waals surface area contributed by atoms with Crippen molar-refractivity contribution in [2.24, 2.45) is 5.92 Å². The van der Waals surface area contributed by atoms with Gasteiger partial charge in [0.05, 0.1) is 6.61 Å². The van der Waals surface area contributed by atoms with Crippen LogP contribution in [0.5, 0.6) is 0 Å². The molecular weight excluding hydrogens is 422 g/mol. The van der Waals surface area contributed by atoms with Gasteiger partial charge in [0.25, 0.3) is 0 Å². The van der Waals surface area contributed by atoms with Gasteiger partial charge >= 0.3 is 6.09 Å². The van der Waals surface area contributed by atoms with E-state index >= 15 is 0 Å². The summed E-state index contributed by atoms with van der Waals surface area (Å²) in [7, 11) is 0. The number of benzene rings is 1. The van der Waals surface area contributed by atoms with E-state index in [2.05, 4.69) is 10.6 Å². The first kappa shape index (κ1) is 26.6. The second kappa shape index (κ2) is 10.5. The minimum Gasteiger partial charge on any atom is -0.444 e. The average molecular weight is 462 g/mol. The molecule has 8 heteroatoms. The summed E-state index contributed by atoms with van der Waals surface area (Å²) >= 11 is 0. The molecule has 1 aromatic carbocycles. The number of aliphatic hydroxyl groups excluding tert-OH is 1. The van der Waals surface area contributed by atoms with Gasteiger partial charge in [-0.3, -0.25) is 9.59 Å². The van der Waals surface area contributed by atoms with Gasteiger partial charge in [0.2, 0.25) is 11.8 Å². The number of amides is 3. The molecular formula is C25H39N3O5. The number of ether oxygens (including phenoxy) is 1. The molecule has 1 saturated carbocycles. The molecule has 4 unspecified atom stereocenters. The van der Waals surface area contributed by atoms with Crippen molar-refractivity contribution < 1.29 is 24.2 Å². The van der Waals surface area contributed by atoms with E-state index in [1.807, 2.05) is 52.8 Å². The number of alkyl carbamates (subject to hydrolysis) is 1. The predicted octanol–water partition coefficient (Wildman–Crippen LogP) is 2.99. The fourth-order valence-electron chi connectivity index (χ4n) is 4.01. The number of aryl methyl sites for hydroxylation is 2. The smallest absolute Gasteiger partial charge is 0.408 e. The van der Waals surface area contributed by atoms with Gasteiger partial charge in [-0.05, 0) is 77.5 Å². The molecule has 2 rings (SSSR count). The molecule has 3 amide bonds. The van der Waals surface area contributed by atoms with Crippen molar-refractivity contribution in [3.63, 3.8) is 0 Å². The third-order valence-electron chi connectivity index (χ3n) is 5.62. The van der Waals surface area contributed by atoms with Gasteiger partial charge in [-0.2, -0.15) is 0 Å². The third-order valence-corrected chi connectivity index (χ3v) is 5.62. The van der Waals surface area contributed by atoms with E-state index in [0.29, 0.717) is 0 Å². The maximum atomic E-state index is 13.7. The molecule has 0 aliphatic heterocycles. The molecule has 1 aromatic rings. The van der Waals surface area contributed by atoms with Crippen molar-refractivity contribution in [2.75, 3.05) is 6.61 Å². The van der Waals surface area contributed by atoms with Gasteiger partial charge in [0, 0.05) is 12.1 Å². The van der Waals surface area contributed by atoms with Crippen molar-refractivity contribution in [1.29, 1.82) is 0 Å². The van der Waals surface area contributed by atoms with Crippen LogP contribution in [0.1, 0.15) is 70.7 Å². The lowest BCUT2D eigenvalue weighted by Crippen LogP contribution is -2.55. The highest BCUT2D eigenvalue weighted by molar-refractivity contribution is 5.93. The molecule has 184 valence electrons. The average Bonchev–Trinajstić information content (AvgIpc) is 3.38. The highest BCUT2D eigenvalue weighted by Crippen LogP contribution is 2.42. The number of nitrogens with zero attached hydrogens (tertiary/aromatic N) is 1. The second-order valence-corrected chi connectivity index (χ2v) is 10.3. The van der Waals surface area contributed by atoms with E-state index in [4.69, 9.17) is 4.74 Å². The zero-order valence-electron chi connectivity index (χ0n) is 21.1. The number of nitrogens with one attached hydrogen (secondary N) is 2. The summed E-state index contributed by atoms with van der Waals surface area (Å²) < 4.78 is 5.27. The van der Waals surface area contributed by atoms with E-state index in [-0.39, 0.29) is 23.9 Å². The summed E-state index contributed by atoms with van der Waals surface area (Å²) in [5.74, 6) is -0.596. The maximum absolute atomic E-state index is 13.7. The highest BCUT2D eigenvalue weighted by Gasteiger charge is 2.48. The lowest BCUT2D eigenvalue weighted by Gasteiger charge is -2.36. The van der Waals surface area contributed by atoms with E-state index < -0.39 is 36.3 Å². The molecule has 4 atom stereocenters. The lowest BCUT2D eigenvalue weighted by atomic mass is 9.93. The van der Waals surface area contributed by atoms with E-state index in [1.54, 1.807) is 25.7 Å². The number of rotatable bonds is 8. The molecule has 33 heavy (non-hydrogen) atoms. The van der Waals surface area contributed by atoms with Crippen LogP contribution in [-0.4, -0.2) is 58.2 Å². The van der Waals surface area contributed by atoms with Crippen molar-refractivity contribution >= 4 is 17.9 Å². The molecule has 3 N–H and O–H groups in total. The maximum Gasteiger partial charge on any atom is 0.408 e. The SMILES string of the molecule is Cc1cccc(C)c1C(C(=O)NC(C)C)N(C(=O)C(CO)NC(=O)OC(C)(C)C)C1CC1C. The summed E-state index contributed by atoms with van der Waals surface area (Å²) in [4.78, 5) is 41.1. The van der Waals surface area contributed by atoms with Crippen LogP contribution in [0.15, 0.2) is 18.2 Å². The van der Waals surface area contributed by atoms with E-state index in [1.165, 1.54) is 0 Å². The fraction of sp³-hybridized carbons (Fsp3) is 0.640. The van der Waals surface area contributed by atoms with Crippen LogP contribution in [0.2, 0.25) is 0 Å². The summed E-state index contributed by atoms with van der Waals surface area (Å²) in [6.07, 6.45) is -0.0545. The second-order valence-electron chi connectivity index (χ2n) is 10.3. The molecule has 8 nitrogen and oxygen atoms in total. The first-order chi connectivity index (χ1) is 15.3. The molecule has 1 aliphatic carbocycles. The van der Waals surface area contributed by atoms with Crippen LogP contribution in [0.4, 0.5) is 4.79 Å². The van der Waals surface area contributed by atoms with Crippen molar-refractivity contribution in [3.05, 3.63) is 34.9 Å². The summed E-state index contributed by atoms with van der Waals surface area (Å²) in [5.41, 5.74) is 1.80. The van der Waals surface area contributed by atoms with Crippen molar-refractivity contribution in [2.45, 2.75) is 91.6 Å². The van der Waals surface area contributed by atoms with E-state index in [9.17, 15) is 19.5 Å². The van der Waals surface area contributed by atoms with Crippen molar-refractivity contribution in [1.82, 2.24) is 15.5 Å². The molecule has 0 spiro atoms. The number of carbonyl (C=O) groups is 3. The Hall–Kier alpha value is -2.61. The zero-order valence-corrected chi connectivity index (χ0v) is 21.1. The Kier molecular flexibility index (Phi) is 8.52. The lowest BCUT2D eigenvalue weighted by molar-refractivity contribution is -0.144. The number of carbonyl (C=O) groups excluding carboxylic acids is 3. The predicted molar refractivity (Wildman–Crippen MR) is 127 cm³/mol. The van der Waals surface area contributed by atoms with Crippen LogP contribution in [-0.2, 0) is 14.3 Å². The Balaban J connectivity index is 2.49. The zero-order chi connectivity index (χ0) is 25.1.